The first-order chi connectivity index (χ1) is 10.3. The third-order valence-corrected chi connectivity index (χ3v) is 3.77. The minimum Gasteiger partial charge on any atom is -0.494 e. The monoisotopic (exact) mass is 314 g/mol. The van der Waals surface area contributed by atoms with E-state index in [2.05, 4.69) is 4.89 Å². The summed E-state index contributed by atoms with van der Waals surface area (Å²) < 4.78 is 15.7. The molecule has 124 valence electrons. The van der Waals surface area contributed by atoms with Gasteiger partial charge in [0.2, 0.25) is 17.1 Å². The maximum absolute atomic E-state index is 12.4. The van der Waals surface area contributed by atoms with E-state index in [1.807, 2.05) is 6.92 Å². The largest absolute Gasteiger partial charge is 0.494 e. The molecule has 1 aliphatic carbocycles. The zero-order valence-electron chi connectivity index (χ0n) is 13.7. The highest BCUT2D eigenvalue weighted by molar-refractivity contribution is 6.05. The zero-order valence-corrected chi connectivity index (χ0v) is 13.7. The average Bonchev–Trinajstić information content (AvgIpc) is 2.52. The fourth-order valence-corrected chi connectivity index (χ4v) is 2.13. The third kappa shape index (κ3) is 2.86. The quantitative estimate of drug-likeness (QED) is 0.456. The van der Waals surface area contributed by atoms with Crippen LogP contribution in [0.25, 0.3) is 0 Å². The molecule has 0 saturated carbocycles. The van der Waals surface area contributed by atoms with Crippen LogP contribution in [0.2, 0.25) is 0 Å². The van der Waals surface area contributed by atoms with Gasteiger partial charge in [0.05, 0.1) is 20.1 Å². The number of methoxy groups -OCH3 is 2. The van der Waals surface area contributed by atoms with Crippen molar-refractivity contribution in [3.8, 4) is 0 Å². The maximum Gasteiger partial charge on any atom is 0.314 e. The minimum atomic E-state index is -1.80. The Morgan fingerprint density at radius 3 is 2.27 bits per heavy atom. The van der Waals surface area contributed by atoms with Crippen molar-refractivity contribution in [2.75, 3.05) is 14.2 Å². The summed E-state index contributed by atoms with van der Waals surface area (Å²) >= 11 is 0. The zero-order chi connectivity index (χ0) is 17.1. The molecule has 1 aliphatic rings. The molecule has 0 bridgehead atoms. The molecule has 1 rings (SSSR count). The lowest BCUT2D eigenvalue weighted by molar-refractivity contribution is -0.302. The van der Waals surface area contributed by atoms with E-state index in [9.17, 15) is 9.59 Å². The second-order valence-electron chi connectivity index (χ2n) is 5.20. The number of ether oxygens (including phenoxy) is 3. The van der Waals surface area contributed by atoms with Crippen molar-refractivity contribution in [2.24, 2.45) is 5.92 Å². The molecular weight excluding hydrogens is 292 g/mol. The van der Waals surface area contributed by atoms with Crippen molar-refractivity contribution < 1.29 is 33.9 Å². The molecule has 0 fully saturated rings. The minimum absolute atomic E-state index is 0.0658. The average molecular weight is 314 g/mol. The van der Waals surface area contributed by atoms with Crippen molar-refractivity contribution in [1.29, 1.82) is 0 Å². The summed E-state index contributed by atoms with van der Waals surface area (Å²) in [5.74, 6) is -1.50. The SMILES string of the molecule is CC[C@H](C)C(=O)OC1=C(OC)[C@](C)(OO)C(=O)C(C)=C1OC. The Balaban J connectivity index is 3.45. The fraction of sp³-hybridized carbons (Fsp3) is 0.600. The smallest absolute Gasteiger partial charge is 0.314 e. The number of carbonyl (C=O) groups is 2. The van der Waals surface area contributed by atoms with E-state index in [0.29, 0.717) is 6.42 Å². The third-order valence-electron chi connectivity index (χ3n) is 3.77. The van der Waals surface area contributed by atoms with Crippen LogP contribution >= 0.6 is 0 Å². The molecule has 7 nitrogen and oxygen atoms in total. The highest BCUT2D eigenvalue weighted by Crippen LogP contribution is 2.38. The number of rotatable bonds is 6. The van der Waals surface area contributed by atoms with Crippen LogP contribution in [0.15, 0.2) is 22.9 Å². The number of ketones is 1. The highest BCUT2D eigenvalue weighted by Gasteiger charge is 2.50. The summed E-state index contributed by atoms with van der Waals surface area (Å²) in [4.78, 5) is 28.8. The lowest BCUT2D eigenvalue weighted by Crippen LogP contribution is -2.45. The van der Waals surface area contributed by atoms with Gasteiger partial charge in [-0.05, 0) is 20.3 Å². The Morgan fingerprint density at radius 1 is 1.27 bits per heavy atom. The second-order valence-corrected chi connectivity index (χ2v) is 5.20. The van der Waals surface area contributed by atoms with Crippen LogP contribution in [-0.2, 0) is 28.7 Å². The lowest BCUT2D eigenvalue weighted by atomic mass is 9.86. The van der Waals surface area contributed by atoms with E-state index in [1.54, 1.807) is 6.92 Å². The highest BCUT2D eigenvalue weighted by atomic mass is 17.1. The molecule has 22 heavy (non-hydrogen) atoms. The molecular formula is C15H22O7. The van der Waals surface area contributed by atoms with Crippen LogP contribution in [0.3, 0.4) is 0 Å². The van der Waals surface area contributed by atoms with E-state index in [0.717, 1.165) is 0 Å². The second kappa shape index (κ2) is 6.93. The maximum atomic E-state index is 12.4. The van der Waals surface area contributed by atoms with Crippen molar-refractivity contribution in [2.45, 2.75) is 39.7 Å². The van der Waals surface area contributed by atoms with Gasteiger partial charge in [-0.25, -0.2) is 4.89 Å². The standard InChI is InChI=1S/C15H22O7/c1-7-8(2)14(17)21-11-10(19-5)9(3)12(16)15(4,22-18)13(11)20-6/h8,18H,7H2,1-6H3/t8-,15+/m0/s1. The van der Waals surface area contributed by atoms with Crippen LogP contribution in [-0.4, -0.2) is 36.8 Å². The normalized spacial score (nSPS) is 23.5. The van der Waals surface area contributed by atoms with Crippen LogP contribution in [0, 0.1) is 5.92 Å². The van der Waals surface area contributed by atoms with Gasteiger partial charge >= 0.3 is 5.97 Å². The summed E-state index contributed by atoms with van der Waals surface area (Å²) in [6.45, 7) is 6.37. The molecule has 0 aromatic heterocycles. The Labute approximate surface area is 129 Å². The van der Waals surface area contributed by atoms with Gasteiger partial charge in [0.25, 0.3) is 0 Å². The fourth-order valence-electron chi connectivity index (χ4n) is 2.13. The molecule has 2 atom stereocenters. The Hall–Kier alpha value is -1.86. The predicted octanol–water partition coefficient (Wildman–Crippen LogP) is 2.19. The number of hydrogen-bond acceptors (Lipinski definition) is 7. The lowest BCUT2D eigenvalue weighted by Gasteiger charge is -2.32. The van der Waals surface area contributed by atoms with Gasteiger partial charge in [-0.15, -0.1) is 0 Å². The molecule has 0 aliphatic heterocycles. The van der Waals surface area contributed by atoms with Crippen LogP contribution in [0.4, 0.5) is 0 Å². The van der Waals surface area contributed by atoms with Gasteiger partial charge in [0, 0.05) is 5.57 Å². The summed E-state index contributed by atoms with van der Waals surface area (Å²) in [6.07, 6.45) is 0.589. The Morgan fingerprint density at radius 2 is 1.86 bits per heavy atom. The van der Waals surface area contributed by atoms with Crippen molar-refractivity contribution in [3.05, 3.63) is 22.9 Å². The number of esters is 1. The topological polar surface area (TPSA) is 91.3 Å². The van der Waals surface area contributed by atoms with Crippen molar-refractivity contribution in [1.82, 2.24) is 0 Å². The molecule has 7 heteroatoms. The van der Waals surface area contributed by atoms with E-state index >= 15 is 0 Å². The molecule has 0 radical (unpaired) electrons. The van der Waals surface area contributed by atoms with Gasteiger partial charge in [-0.3, -0.25) is 14.8 Å². The molecule has 0 aromatic carbocycles. The number of Topliss-reactive ketones (excluding diaryl/α,β-unsaturated/α-hetero) is 1. The predicted molar refractivity (Wildman–Crippen MR) is 76.4 cm³/mol. The van der Waals surface area contributed by atoms with Gasteiger partial charge in [-0.1, -0.05) is 13.8 Å². The molecule has 0 amide bonds. The van der Waals surface area contributed by atoms with Crippen LogP contribution in [0.1, 0.15) is 34.1 Å². The Kier molecular flexibility index (Phi) is 5.73. The molecule has 0 spiro atoms. The van der Waals surface area contributed by atoms with Gasteiger partial charge in [-0.2, -0.15) is 0 Å². The molecule has 0 saturated heterocycles. The van der Waals surface area contributed by atoms with Gasteiger partial charge in [0.15, 0.2) is 11.5 Å². The molecule has 0 unspecified atom stereocenters. The summed E-state index contributed by atoms with van der Waals surface area (Å²) in [6, 6.07) is 0. The summed E-state index contributed by atoms with van der Waals surface area (Å²) in [5.41, 5.74) is -1.64. The van der Waals surface area contributed by atoms with E-state index in [1.165, 1.54) is 28.1 Å². The summed E-state index contributed by atoms with van der Waals surface area (Å²) in [5, 5.41) is 9.17. The first-order valence-corrected chi connectivity index (χ1v) is 6.91. The summed E-state index contributed by atoms with van der Waals surface area (Å²) in [7, 11) is 2.63. The Bertz CT molecular complexity index is 532. The first kappa shape index (κ1) is 18.2. The van der Waals surface area contributed by atoms with Gasteiger partial charge in [0.1, 0.15) is 0 Å². The number of carbonyl (C=O) groups excluding carboxylic acids is 2. The van der Waals surface area contributed by atoms with Gasteiger partial charge < -0.3 is 14.2 Å². The van der Waals surface area contributed by atoms with E-state index < -0.39 is 17.4 Å². The van der Waals surface area contributed by atoms with Crippen molar-refractivity contribution in [3.63, 3.8) is 0 Å². The van der Waals surface area contributed by atoms with Crippen LogP contribution in [0.5, 0.6) is 0 Å². The van der Waals surface area contributed by atoms with Crippen molar-refractivity contribution >= 4 is 11.8 Å². The molecule has 1 N–H and O–H groups in total. The van der Waals surface area contributed by atoms with E-state index in [4.69, 9.17) is 19.5 Å². The number of hydrogen-bond donors (Lipinski definition) is 1. The van der Waals surface area contributed by atoms with E-state index in [-0.39, 0.29) is 28.8 Å². The van der Waals surface area contributed by atoms with Crippen LogP contribution < -0.4 is 0 Å². The molecule has 0 aromatic rings. The first-order valence-electron chi connectivity index (χ1n) is 6.91. The molecule has 0 heterocycles.